The molecule has 6 heteroatoms. The van der Waals surface area contributed by atoms with E-state index in [4.69, 9.17) is 17.3 Å². The number of carbonyl (C=O) groups is 1. The number of benzene rings is 1. The van der Waals surface area contributed by atoms with Gasteiger partial charge in [0.15, 0.2) is 0 Å². The van der Waals surface area contributed by atoms with Gasteiger partial charge in [0.05, 0.1) is 16.4 Å². The molecule has 1 aliphatic rings. The van der Waals surface area contributed by atoms with Crippen molar-refractivity contribution in [2.45, 2.75) is 0 Å². The number of nitrogens with zero attached hydrogens (tertiary/aromatic N) is 3. The molecule has 1 amide bonds. The second kappa shape index (κ2) is 5.26. The van der Waals surface area contributed by atoms with Crippen LogP contribution in [0.2, 0.25) is 5.02 Å². The number of hydrogen-bond donors (Lipinski definition) is 1. The van der Waals surface area contributed by atoms with E-state index in [0.717, 1.165) is 17.9 Å². The topological polar surface area (TPSA) is 62.5 Å². The van der Waals surface area contributed by atoms with Crippen molar-refractivity contribution in [1.29, 1.82) is 0 Å². The number of anilines is 3. The van der Waals surface area contributed by atoms with Crippen LogP contribution in [0.25, 0.3) is 0 Å². The highest BCUT2D eigenvalue weighted by molar-refractivity contribution is 6.34. The van der Waals surface area contributed by atoms with Crippen molar-refractivity contribution < 1.29 is 4.79 Å². The van der Waals surface area contributed by atoms with Gasteiger partial charge in [-0.25, -0.2) is 4.98 Å². The lowest BCUT2D eigenvalue weighted by molar-refractivity contribution is 0.0982. The molecule has 0 unspecified atom stereocenters. The second-order valence-electron chi connectivity index (χ2n) is 4.93. The highest BCUT2D eigenvalue weighted by Crippen LogP contribution is 2.33. The molecule has 2 heterocycles. The van der Waals surface area contributed by atoms with E-state index in [1.54, 1.807) is 17.0 Å². The average Bonchev–Trinajstić information content (AvgIpc) is 2.50. The summed E-state index contributed by atoms with van der Waals surface area (Å²) in [5.41, 5.74) is 7.72. The molecular formula is C15H15ClN4O. The van der Waals surface area contributed by atoms with Crippen LogP contribution >= 0.6 is 11.6 Å². The van der Waals surface area contributed by atoms with Crippen LogP contribution in [0.15, 0.2) is 36.4 Å². The molecule has 0 radical (unpaired) electrons. The normalized spacial score (nSPS) is 14.0. The van der Waals surface area contributed by atoms with Gasteiger partial charge in [-0.05, 0) is 24.3 Å². The van der Waals surface area contributed by atoms with Gasteiger partial charge in [-0.2, -0.15) is 0 Å². The molecule has 0 fully saturated rings. The number of carbonyl (C=O) groups excluding carboxylic acids is 1. The van der Waals surface area contributed by atoms with E-state index in [2.05, 4.69) is 9.88 Å². The summed E-state index contributed by atoms with van der Waals surface area (Å²) in [7, 11) is 2.01. The molecule has 21 heavy (non-hydrogen) atoms. The number of nitrogens with two attached hydrogens (primary N) is 1. The van der Waals surface area contributed by atoms with Crippen LogP contribution in [0.4, 0.5) is 17.2 Å². The zero-order chi connectivity index (χ0) is 15.0. The van der Waals surface area contributed by atoms with Crippen molar-refractivity contribution in [3.05, 3.63) is 47.1 Å². The minimum Gasteiger partial charge on any atom is -0.384 e. The number of rotatable bonds is 1. The molecule has 1 aliphatic heterocycles. The lowest BCUT2D eigenvalue weighted by atomic mass is 10.1. The lowest BCUT2D eigenvalue weighted by Gasteiger charge is -2.35. The number of hydrogen-bond acceptors (Lipinski definition) is 4. The van der Waals surface area contributed by atoms with Crippen LogP contribution in [0.3, 0.4) is 0 Å². The molecule has 5 nitrogen and oxygen atoms in total. The number of halogens is 1. The van der Waals surface area contributed by atoms with E-state index in [1.165, 1.54) is 0 Å². The Labute approximate surface area is 127 Å². The smallest absolute Gasteiger partial charge is 0.278 e. The Morgan fingerprint density at radius 2 is 1.90 bits per heavy atom. The van der Waals surface area contributed by atoms with Crippen LogP contribution in [-0.2, 0) is 0 Å². The summed E-state index contributed by atoms with van der Waals surface area (Å²) in [4.78, 5) is 20.6. The number of para-hydroxylation sites is 2. The molecule has 0 atom stereocenters. The monoisotopic (exact) mass is 302 g/mol. The Balaban J connectivity index is 2.03. The van der Waals surface area contributed by atoms with Gasteiger partial charge in [-0.15, -0.1) is 0 Å². The standard InChI is InChI=1S/C15H15ClN4O/c1-19-8-9-20(12-5-3-2-4-11(12)19)15(21)14-10(16)6-7-13(17)18-14/h2-7H,8-9H2,1H3,(H2,17,18). The Morgan fingerprint density at radius 3 is 2.67 bits per heavy atom. The molecule has 1 aromatic carbocycles. The highest BCUT2D eigenvalue weighted by atomic mass is 35.5. The maximum Gasteiger partial charge on any atom is 0.278 e. The Bertz CT molecular complexity index is 704. The largest absolute Gasteiger partial charge is 0.384 e. The van der Waals surface area contributed by atoms with E-state index < -0.39 is 0 Å². The summed E-state index contributed by atoms with van der Waals surface area (Å²) < 4.78 is 0. The number of nitrogen functional groups attached to an aromatic ring is 1. The predicted octanol–water partition coefficient (Wildman–Crippen LogP) is 2.41. The molecule has 0 saturated heterocycles. The van der Waals surface area contributed by atoms with Crippen LogP contribution < -0.4 is 15.5 Å². The van der Waals surface area contributed by atoms with Crippen molar-refractivity contribution in [1.82, 2.24) is 4.98 Å². The maximum absolute atomic E-state index is 12.7. The van der Waals surface area contributed by atoms with Gasteiger partial charge in [0, 0.05) is 20.1 Å². The molecule has 3 rings (SSSR count). The SMILES string of the molecule is CN1CCN(C(=O)c2nc(N)ccc2Cl)c2ccccc21. The van der Waals surface area contributed by atoms with Crippen molar-refractivity contribution in [3.8, 4) is 0 Å². The predicted molar refractivity (Wildman–Crippen MR) is 85.0 cm³/mol. The molecule has 2 aromatic rings. The summed E-state index contributed by atoms with van der Waals surface area (Å²) >= 11 is 6.09. The Morgan fingerprint density at radius 1 is 1.19 bits per heavy atom. The third-order valence-corrected chi connectivity index (χ3v) is 3.86. The Hall–Kier alpha value is -2.27. The molecule has 2 N–H and O–H groups in total. The summed E-state index contributed by atoms with van der Waals surface area (Å²) in [6, 6.07) is 10.9. The van der Waals surface area contributed by atoms with Crippen molar-refractivity contribution in [2.75, 3.05) is 35.7 Å². The number of amides is 1. The van der Waals surface area contributed by atoms with E-state index >= 15 is 0 Å². The number of aromatic nitrogens is 1. The zero-order valence-electron chi connectivity index (χ0n) is 11.6. The Kier molecular flexibility index (Phi) is 3.43. The maximum atomic E-state index is 12.7. The van der Waals surface area contributed by atoms with Gasteiger partial charge in [0.1, 0.15) is 11.5 Å². The van der Waals surface area contributed by atoms with Crippen molar-refractivity contribution >= 4 is 34.7 Å². The van der Waals surface area contributed by atoms with Crippen LogP contribution in [0.5, 0.6) is 0 Å². The molecule has 0 aliphatic carbocycles. The minimum atomic E-state index is -0.229. The van der Waals surface area contributed by atoms with E-state index in [-0.39, 0.29) is 17.4 Å². The first kappa shape index (κ1) is 13.7. The van der Waals surface area contributed by atoms with Crippen molar-refractivity contribution in [2.24, 2.45) is 0 Å². The van der Waals surface area contributed by atoms with Crippen LogP contribution in [0, 0.1) is 0 Å². The van der Waals surface area contributed by atoms with Crippen molar-refractivity contribution in [3.63, 3.8) is 0 Å². The molecule has 0 bridgehead atoms. The fraction of sp³-hybridized carbons (Fsp3) is 0.200. The summed E-state index contributed by atoms with van der Waals surface area (Å²) in [5, 5.41) is 0.311. The average molecular weight is 303 g/mol. The first-order valence-electron chi connectivity index (χ1n) is 6.62. The van der Waals surface area contributed by atoms with Gasteiger partial charge in [-0.1, -0.05) is 23.7 Å². The number of likely N-dealkylation sites (N-methyl/N-ethyl adjacent to an activating group) is 1. The molecule has 0 spiro atoms. The molecule has 108 valence electrons. The van der Waals surface area contributed by atoms with Gasteiger partial charge < -0.3 is 15.5 Å². The summed E-state index contributed by atoms with van der Waals surface area (Å²) in [5.74, 6) is 0.0537. The fourth-order valence-electron chi connectivity index (χ4n) is 2.45. The quantitative estimate of drug-likeness (QED) is 0.879. The van der Waals surface area contributed by atoms with E-state index in [0.29, 0.717) is 11.6 Å². The van der Waals surface area contributed by atoms with Gasteiger partial charge in [-0.3, -0.25) is 4.79 Å². The minimum absolute atomic E-state index is 0.191. The van der Waals surface area contributed by atoms with Crippen LogP contribution in [0.1, 0.15) is 10.5 Å². The lowest BCUT2D eigenvalue weighted by Crippen LogP contribution is -2.43. The van der Waals surface area contributed by atoms with Gasteiger partial charge >= 0.3 is 0 Å². The summed E-state index contributed by atoms with van der Waals surface area (Å²) in [6.45, 7) is 1.34. The third-order valence-electron chi connectivity index (χ3n) is 3.56. The first-order valence-corrected chi connectivity index (χ1v) is 7.00. The number of fused-ring (bicyclic) bond motifs is 1. The van der Waals surface area contributed by atoms with E-state index in [9.17, 15) is 4.79 Å². The third kappa shape index (κ3) is 2.40. The first-order chi connectivity index (χ1) is 10.1. The number of pyridine rings is 1. The van der Waals surface area contributed by atoms with Crippen LogP contribution in [-0.4, -0.2) is 31.0 Å². The fourth-order valence-corrected chi connectivity index (χ4v) is 2.64. The molecule has 1 aromatic heterocycles. The zero-order valence-corrected chi connectivity index (χ0v) is 12.3. The molecule has 0 saturated carbocycles. The van der Waals surface area contributed by atoms with E-state index in [1.807, 2.05) is 31.3 Å². The van der Waals surface area contributed by atoms with Gasteiger partial charge in [0.2, 0.25) is 0 Å². The second-order valence-corrected chi connectivity index (χ2v) is 5.34. The van der Waals surface area contributed by atoms with Gasteiger partial charge in [0.25, 0.3) is 5.91 Å². The summed E-state index contributed by atoms with van der Waals surface area (Å²) in [6.07, 6.45) is 0. The molecular weight excluding hydrogens is 288 g/mol. The highest BCUT2D eigenvalue weighted by Gasteiger charge is 2.27.